The van der Waals surface area contributed by atoms with E-state index in [1.165, 1.54) is 37.6 Å². The smallest absolute Gasteiger partial charge is 0.278 e. The minimum absolute atomic E-state index is 0.00103. The Bertz CT molecular complexity index is 1320. The fraction of sp³-hybridized carbons (Fsp3) is 0.296. The second-order valence-corrected chi connectivity index (χ2v) is 10.8. The van der Waals surface area contributed by atoms with Crippen molar-refractivity contribution >= 4 is 58.1 Å². The SMILES string of the molecule is C=NC(=N/C=C1/C=C(c2c(F)cccc2Cl)C(=O)N(OC)C1)Nc1ccc(N2CCN(S(=O)CC)CC2)cc1. The van der Waals surface area contributed by atoms with E-state index < -0.39 is 22.7 Å². The van der Waals surface area contributed by atoms with Crippen LogP contribution in [-0.4, -0.2) is 77.7 Å². The fourth-order valence-electron chi connectivity index (χ4n) is 4.30. The molecular formula is C27H30ClFN6O3S. The lowest BCUT2D eigenvalue weighted by Gasteiger charge is -2.35. The minimum atomic E-state index is -0.909. The summed E-state index contributed by atoms with van der Waals surface area (Å²) in [5, 5.41) is 4.34. The van der Waals surface area contributed by atoms with E-state index in [1.54, 1.807) is 0 Å². The van der Waals surface area contributed by atoms with Gasteiger partial charge >= 0.3 is 0 Å². The molecule has 0 aromatic heterocycles. The first-order valence-electron chi connectivity index (χ1n) is 12.4. The molecular weight excluding hydrogens is 543 g/mol. The standard InChI is InChI=1S/C27H30ClFN6O3S/c1-4-39(37)34-14-12-33(13-15-34)21-10-8-20(9-11-21)32-27(30-2)31-17-19-16-22(26(36)35(18-19)38-3)25-23(28)6-5-7-24(25)29/h5-11,16-17H,2,4,12-15,18H2,1,3H3,(H,31,32)/b19-17-. The van der Waals surface area contributed by atoms with Crippen molar-refractivity contribution in [1.29, 1.82) is 0 Å². The molecule has 1 amide bonds. The third-order valence-corrected chi connectivity index (χ3v) is 8.08. The summed E-state index contributed by atoms with van der Waals surface area (Å²) in [6.07, 6.45) is 3.05. The van der Waals surface area contributed by atoms with Gasteiger partial charge in [-0.05, 0) is 54.8 Å². The van der Waals surface area contributed by atoms with Gasteiger partial charge < -0.3 is 10.2 Å². The minimum Gasteiger partial charge on any atom is -0.369 e. The lowest BCUT2D eigenvalue weighted by atomic mass is 9.98. The van der Waals surface area contributed by atoms with E-state index in [0.29, 0.717) is 11.3 Å². The van der Waals surface area contributed by atoms with Gasteiger partial charge in [0.25, 0.3) is 5.91 Å². The molecule has 4 rings (SSSR count). The molecule has 2 aromatic rings. The van der Waals surface area contributed by atoms with Crippen LogP contribution in [0.15, 0.2) is 70.3 Å². The number of piperazine rings is 1. The van der Waals surface area contributed by atoms with Gasteiger partial charge in [0.05, 0.1) is 35.2 Å². The van der Waals surface area contributed by atoms with Crippen LogP contribution in [0.3, 0.4) is 0 Å². The molecule has 0 bridgehead atoms. The molecule has 2 aliphatic heterocycles. The molecule has 2 aliphatic rings. The number of carbonyl (C=O) groups is 1. The first-order chi connectivity index (χ1) is 18.8. The number of amides is 1. The van der Waals surface area contributed by atoms with Crippen molar-refractivity contribution in [2.24, 2.45) is 9.98 Å². The van der Waals surface area contributed by atoms with Crippen molar-refractivity contribution in [1.82, 2.24) is 9.37 Å². The summed E-state index contributed by atoms with van der Waals surface area (Å²) in [6.45, 7) is 8.76. The van der Waals surface area contributed by atoms with Crippen LogP contribution in [0.2, 0.25) is 5.02 Å². The maximum Gasteiger partial charge on any atom is 0.278 e. The maximum atomic E-state index is 14.6. The van der Waals surface area contributed by atoms with Crippen molar-refractivity contribution in [3.63, 3.8) is 0 Å². The Labute approximate surface area is 234 Å². The van der Waals surface area contributed by atoms with Gasteiger partial charge in [-0.3, -0.25) is 9.63 Å². The van der Waals surface area contributed by atoms with Crippen molar-refractivity contribution in [2.45, 2.75) is 6.92 Å². The number of hydroxylamine groups is 2. The Balaban J connectivity index is 1.49. The van der Waals surface area contributed by atoms with Crippen molar-refractivity contribution in [2.75, 3.05) is 55.8 Å². The second-order valence-electron chi connectivity index (χ2n) is 8.69. The van der Waals surface area contributed by atoms with E-state index >= 15 is 0 Å². The summed E-state index contributed by atoms with van der Waals surface area (Å²) in [5.74, 6) is -0.242. The van der Waals surface area contributed by atoms with Gasteiger partial charge in [0.2, 0.25) is 5.96 Å². The topological polar surface area (TPSA) is 89.8 Å². The number of nitrogens with one attached hydrogen (secondary N) is 1. The van der Waals surface area contributed by atoms with Crippen LogP contribution >= 0.6 is 11.6 Å². The highest BCUT2D eigenvalue weighted by Gasteiger charge is 2.29. The van der Waals surface area contributed by atoms with E-state index in [2.05, 4.69) is 26.9 Å². The predicted octanol–water partition coefficient (Wildman–Crippen LogP) is 4.12. The predicted molar refractivity (Wildman–Crippen MR) is 156 cm³/mol. The molecule has 0 radical (unpaired) electrons. The second kappa shape index (κ2) is 13.1. The van der Waals surface area contributed by atoms with Crippen LogP contribution < -0.4 is 10.2 Å². The number of guanidine groups is 1. The Morgan fingerprint density at radius 1 is 1.21 bits per heavy atom. The van der Waals surface area contributed by atoms with E-state index in [1.807, 2.05) is 35.5 Å². The van der Waals surface area contributed by atoms with E-state index in [9.17, 15) is 13.4 Å². The van der Waals surface area contributed by atoms with E-state index in [0.717, 1.165) is 42.6 Å². The summed E-state index contributed by atoms with van der Waals surface area (Å²) in [5.41, 5.74) is 2.48. The van der Waals surface area contributed by atoms with Gasteiger partial charge in [-0.2, -0.15) is 0 Å². The monoisotopic (exact) mass is 572 g/mol. The number of halogens is 2. The summed E-state index contributed by atoms with van der Waals surface area (Å²) in [6, 6.07) is 12.1. The highest BCUT2D eigenvalue weighted by molar-refractivity contribution is 7.82. The number of aliphatic imine (C=N–C) groups is 2. The maximum absolute atomic E-state index is 14.6. The zero-order valence-corrected chi connectivity index (χ0v) is 23.3. The van der Waals surface area contributed by atoms with E-state index in [4.69, 9.17) is 16.4 Å². The molecule has 39 heavy (non-hydrogen) atoms. The summed E-state index contributed by atoms with van der Waals surface area (Å²) in [4.78, 5) is 28.6. The van der Waals surface area contributed by atoms with Gasteiger partial charge in [-0.1, -0.05) is 24.6 Å². The Hall–Kier alpha value is -3.38. The van der Waals surface area contributed by atoms with Crippen LogP contribution in [0, 0.1) is 5.82 Å². The molecule has 0 spiro atoms. The average Bonchev–Trinajstić information content (AvgIpc) is 2.96. The Morgan fingerprint density at radius 3 is 2.54 bits per heavy atom. The molecule has 9 nitrogen and oxygen atoms in total. The fourth-order valence-corrected chi connectivity index (χ4v) is 5.50. The van der Waals surface area contributed by atoms with Crippen LogP contribution in [-0.2, 0) is 20.6 Å². The lowest BCUT2D eigenvalue weighted by molar-refractivity contribution is -0.167. The third kappa shape index (κ3) is 6.80. The Kier molecular flexibility index (Phi) is 9.63. The number of hydrogen-bond acceptors (Lipinski definition) is 5. The summed E-state index contributed by atoms with van der Waals surface area (Å²) in [7, 11) is 0.451. The number of carbonyl (C=O) groups excluding carboxylic acids is 1. The van der Waals surface area contributed by atoms with E-state index in [-0.39, 0.29) is 28.7 Å². The van der Waals surface area contributed by atoms with Crippen molar-refractivity contribution in [3.8, 4) is 0 Å². The number of rotatable bonds is 7. The molecule has 12 heteroatoms. The molecule has 1 saturated heterocycles. The third-order valence-electron chi connectivity index (χ3n) is 6.33. The summed E-state index contributed by atoms with van der Waals surface area (Å²) < 4.78 is 28.6. The lowest BCUT2D eigenvalue weighted by Crippen LogP contribution is -2.47. The quantitative estimate of drug-likeness (QED) is 0.398. The number of nitrogens with zero attached hydrogens (tertiary/aromatic N) is 5. The normalized spacial score (nSPS) is 18.8. The van der Waals surface area contributed by atoms with Crippen LogP contribution in [0.1, 0.15) is 12.5 Å². The largest absolute Gasteiger partial charge is 0.369 e. The van der Waals surface area contributed by atoms with Crippen molar-refractivity contribution < 1.29 is 18.2 Å². The molecule has 2 aromatic carbocycles. The summed E-state index contributed by atoms with van der Waals surface area (Å²) >= 11 is 6.20. The zero-order chi connectivity index (χ0) is 27.9. The number of benzene rings is 2. The van der Waals surface area contributed by atoms with Gasteiger partial charge in [0, 0.05) is 55.1 Å². The van der Waals surface area contributed by atoms with Gasteiger partial charge in [0.1, 0.15) is 5.82 Å². The van der Waals surface area contributed by atoms with Gasteiger partial charge in [0.15, 0.2) is 0 Å². The van der Waals surface area contributed by atoms with Gasteiger partial charge in [-0.25, -0.2) is 28.0 Å². The number of hydrogen-bond donors (Lipinski definition) is 1. The average molecular weight is 573 g/mol. The van der Waals surface area contributed by atoms with Crippen molar-refractivity contribution in [3.05, 3.63) is 76.7 Å². The molecule has 1 atom stereocenters. The molecule has 1 N–H and O–H groups in total. The Morgan fingerprint density at radius 2 is 1.92 bits per heavy atom. The molecule has 0 aliphatic carbocycles. The molecule has 1 fully saturated rings. The molecule has 1 unspecified atom stereocenters. The van der Waals surface area contributed by atoms with Gasteiger partial charge in [-0.15, -0.1) is 0 Å². The molecule has 206 valence electrons. The highest BCUT2D eigenvalue weighted by atomic mass is 35.5. The first kappa shape index (κ1) is 28.6. The van der Waals surface area contributed by atoms with Crippen LogP contribution in [0.25, 0.3) is 5.57 Å². The van der Waals surface area contributed by atoms with Crippen LogP contribution in [0.5, 0.6) is 0 Å². The molecule has 2 heterocycles. The molecule has 0 saturated carbocycles. The van der Waals surface area contributed by atoms with Crippen LogP contribution in [0.4, 0.5) is 15.8 Å². The zero-order valence-electron chi connectivity index (χ0n) is 21.8. The first-order valence-corrected chi connectivity index (χ1v) is 14.0. The highest BCUT2D eigenvalue weighted by Crippen LogP contribution is 2.32. The number of anilines is 2.